The fourth-order valence-corrected chi connectivity index (χ4v) is 2.06. The number of rotatable bonds is 3. The zero-order chi connectivity index (χ0) is 9.68. The summed E-state index contributed by atoms with van der Waals surface area (Å²) in [6.45, 7) is 4.07. The van der Waals surface area contributed by atoms with Crippen LogP contribution in [0.2, 0.25) is 0 Å². The third-order valence-electron chi connectivity index (χ3n) is 2.82. The number of nitriles is 1. The molecule has 0 saturated carbocycles. The Balaban J connectivity index is 2.41. The molecule has 13 heavy (non-hydrogen) atoms. The van der Waals surface area contributed by atoms with Gasteiger partial charge in [-0.3, -0.25) is 4.90 Å². The van der Waals surface area contributed by atoms with Crippen molar-refractivity contribution in [3.8, 4) is 6.07 Å². The second kappa shape index (κ2) is 5.21. The number of nitrogens with two attached hydrogens (primary N) is 1. The van der Waals surface area contributed by atoms with Gasteiger partial charge in [0.2, 0.25) is 0 Å². The van der Waals surface area contributed by atoms with Crippen molar-refractivity contribution in [3.63, 3.8) is 0 Å². The maximum Gasteiger partial charge on any atom is 0.106 e. The predicted molar refractivity (Wildman–Crippen MR) is 53.1 cm³/mol. The Morgan fingerprint density at radius 3 is 3.00 bits per heavy atom. The lowest BCUT2D eigenvalue weighted by molar-refractivity contribution is 0.142. The molecule has 1 saturated heterocycles. The van der Waals surface area contributed by atoms with Gasteiger partial charge in [0.25, 0.3) is 0 Å². The highest BCUT2D eigenvalue weighted by atomic mass is 15.2. The molecule has 2 atom stereocenters. The van der Waals surface area contributed by atoms with Crippen LogP contribution in [-0.2, 0) is 0 Å². The number of likely N-dealkylation sites (tertiary alicyclic amines) is 1. The summed E-state index contributed by atoms with van der Waals surface area (Å²) < 4.78 is 0. The van der Waals surface area contributed by atoms with Gasteiger partial charge in [0, 0.05) is 12.6 Å². The van der Waals surface area contributed by atoms with E-state index in [1.807, 2.05) is 0 Å². The van der Waals surface area contributed by atoms with Gasteiger partial charge >= 0.3 is 0 Å². The number of hydrogen-bond acceptors (Lipinski definition) is 3. The molecule has 0 bridgehead atoms. The Morgan fingerprint density at radius 2 is 2.38 bits per heavy atom. The third-order valence-corrected chi connectivity index (χ3v) is 2.82. The van der Waals surface area contributed by atoms with Crippen molar-refractivity contribution < 1.29 is 0 Å². The molecule has 1 rings (SSSR count). The van der Waals surface area contributed by atoms with Crippen LogP contribution in [-0.4, -0.2) is 30.1 Å². The second-order valence-electron chi connectivity index (χ2n) is 3.79. The SMILES string of the molecule is CCC1CCCCN1CC(N)C#N. The van der Waals surface area contributed by atoms with Gasteiger partial charge in [-0.1, -0.05) is 13.3 Å². The van der Waals surface area contributed by atoms with E-state index >= 15 is 0 Å². The molecular weight excluding hydrogens is 162 g/mol. The smallest absolute Gasteiger partial charge is 0.106 e. The average molecular weight is 181 g/mol. The number of piperidine rings is 1. The van der Waals surface area contributed by atoms with Gasteiger partial charge in [-0.25, -0.2) is 0 Å². The maximum absolute atomic E-state index is 8.62. The first-order valence-corrected chi connectivity index (χ1v) is 5.17. The Kier molecular flexibility index (Phi) is 4.20. The van der Waals surface area contributed by atoms with Gasteiger partial charge < -0.3 is 5.73 Å². The molecule has 0 aromatic rings. The van der Waals surface area contributed by atoms with Crippen LogP contribution < -0.4 is 5.73 Å². The van der Waals surface area contributed by atoms with Gasteiger partial charge in [-0.05, 0) is 25.8 Å². The van der Waals surface area contributed by atoms with E-state index in [-0.39, 0.29) is 6.04 Å². The van der Waals surface area contributed by atoms with Gasteiger partial charge in [0.05, 0.1) is 6.07 Å². The molecule has 1 aliphatic rings. The van der Waals surface area contributed by atoms with Crippen LogP contribution in [0.3, 0.4) is 0 Å². The van der Waals surface area contributed by atoms with E-state index in [1.54, 1.807) is 0 Å². The fraction of sp³-hybridized carbons (Fsp3) is 0.900. The van der Waals surface area contributed by atoms with Gasteiger partial charge in [0.1, 0.15) is 6.04 Å². The third kappa shape index (κ3) is 2.98. The minimum atomic E-state index is -0.313. The topological polar surface area (TPSA) is 53.0 Å². The van der Waals surface area contributed by atoms with Crippen molar-refractivity contribution in [2.45, 2.75) is 44.7 Å². The van der Waals surface area contributed by atoms with Crippen molar-refractivity contribution in [3.05, 3.63) is 0 Å². The van der Waals surface area contributed by atoms with Crippen LogP contribution in [0.15, 0.2) is 0 Å². The Labute approximate surface area is 80.5 Å². The van der Waals surface area contributed by atoms with Crippen molar-refractivity contribution >= 4 is 0 Å². The van der Waals surface area contributed by atoms with E-state index in [1.165, 1.54) is 25.7 Å². The molecule has 0 spiro atoms. The van der Waals surface area contributed by atoms with Crippen LogP contribution in [0, 0.1) is 11.3 Å². The molecule has 1 aliphatic heterocycles. The van der Waals surface area contributed by atoms with Crippen molar-refractivity contribution in [1.82, 2.24) is 4.90 Å². The summed E-state index contributed by atoms with van der Waals surface area (Å²) in [5.41, 5.74) is 5.62. The highest BCUT2D eigenvalue weighted by Gasteiger charge is 2.21. The van der Waals surface area contributed by atoms with E-state index in [0.717, 1.165) is 13.1 Å². The molecule has 2 N–H and O–H groups in total. The highest BCUT2D eigenvalue weighted by Crippen LogP contribution is 2.18. The lowest BCUT2D eigenvalue weighted by Crippen LogP contribution is -2.45. The molecule has 0 aliphatic carbocycles. The summed E-state index contributed by atoms with van der Waals surface area (Å²) in [5, 5.41) is 8.62. The zero-order valence-corrected chi connectivity index (χ0v) is 8.37. The van der Waals surface area contributed by atoms with E-state index < -0.39 is 0 Å². The van der Waals surface area contributed by atoms with Crippen molar-refractivity contribution in [2.75, 3.05) is 13.1 Å². The van der Waals surface area contributed by atoms with Gasteiger partial charge in [0.15, 0.2) is 0 Å². The summed E-state index contributed by atoms with van der Waals surface area (Å²) in [4.78, 5) is 2.37. The molecule has 1 heterocycles. The molecule has 0 aromatic heterocycles. The van der Waals surface area contributed by atoms with Crippen LogP contribution in [0.5, 0.6) is 0 Å². The second-order valence-corrected chi connectivity index (χ2v) is 3.79. The van der Waals surface area contributed by atoms with Gasteiger partial charge in [-0.2, -0.15) is 5.26 Å². The maximum atomic E-state index is 8.62. The molecule has 2 unspecified atom stereocenters. The van der Waals surface area contributed by atoms with Crippen LogP contribution in [0.4, 0.5) is 0 Å². The summed E-state index contributed by atoms with van der Waals surface area (Å²) >= 11 is 0. The summed E-state index contributed by atoms with van der Waals surface area (Å²) in [5.74, 6) is 0. The first-order valence-electron chi connectivity index (χ1n) is 5.17. The highest BCUT2D eigenvalue weighted by molar-refractivity contribution is 4.91. The molecule has 0 aromatic carbocycles. The Bertz CT molecular complexity index is 185. The van der Waals surface area contributed by atoms with Gasteiger partial charge in [-0.15, -0.1) is 0 Å². The summed E-state index contributed by atoms with van der Waals surface area (Å²) in [6, 6.07) is 2.44. The lowest BCUT2D eigenvalue weighted by Gasteiger charge is -2.35. The zero-order valence-electron chi connectivity index (χ0n) is 8.37. The van der Waals surface area contributed by atoms with Crippen molar-refractivity contribution in [2.24, 2.45) is 5.73 Å². The molecule has 3 nitrogen and oxygen atoms in total. The van der Waals surface area contributed by atoms with E-state index in [0.29, 0.717) is 6.04 Å². The van der Waals surface area contributed by atoms with Crippen molar-refractivity contribution in [1.29, 1.82) is 5.26 Å². The van der Waals surface area contributed by atoms with Crippen LogP contribution in [0.1, 0.15) is 32.6 Å². The van der Waals surface area contributed by atoms with E-state index in [9.17, 15) is 0 Å². The summed E-state index contributed by atoms with van der Waals surface area (Å²) in [7, 11) is 0. The van der Waals surface area contributed by atoms with Crippen LogP contribution in [0.25, 0.3) is 0 Å². The molecule has 1 fully saturated rings. The molecule has 0 radical (unpaired) electrons. The average Bonchev–Trinajstić information content (AvgIpc) is 2.18. The number of nitrogens with zero attached hydrogens (tertiary/aromatic N) is 2. The largest absolute Gasteiger partial charge is 0.315 e. The quantitative estimate of drug-likeness (QED) is 0.709. The standard InChI is InChI=1S/C10H19N3/c1-2-10-5-3-4-6-13(10)8-9(12)7-11/h9-10H,2-6,8,12H2,1H3. The monoisotopic (exact) mass is 181 g/mol. The normalized spacial score (nSPS) is 26.7. The first-order chi connectivity index (χ1) is 6.27. The minimum Gasteiger partial charge on any atom is -0.315 e. The van der Waals surface area contributed by atoms with E-state index in [2.05, 4.69) is 17.9 Å². The minimum absolute atomic E-state index is 0.313. The van der Waals surface area contributed by atoms with Crippen LogP contribution >= 0.6 is 0 Å². The predicted octanol–water partition coefficient (Wildman–Crippen LogP) is 1.10. The molecule has 74 valence electrons. The fourth-order valence-electron chi connectivity index (χ4n) is 2.06. The lowest BCUT2D eigenvalue weighted by atomic mass is 9.99. The Hall–Kier alpha value is -0.590. The summed E-state index contributed by atoms with van der Waals surface area (Å²) in [6.07, 6.45) is 5.04. The van der Waals surface area contributed by atoms with E-state index in [4.69, 9.17) is 11.0 Å². The molecule has 3 heteroatoms. The molecular formula is C10H19N3. The number of hydrogen-bond donors (Lipinski definition) is 1. The Morgan fingerprint density at radius 1 is 1.62 bits per heavy atom. The molecule has 0 amide bonds. The first kappa shape index (κ1) is 10.5.